The Morgan fingerprint density at radius 3 is 2.36 bits per heavy atom. The van der Waals surface area contributed by atoms with E-state index < -0.39 is 11.7 Å². The van der Waals surface area contributed by atoms with Gasteiger partial charge < -0.3 is 9.80 Å². The maximum atomic E-state index is 13.1. The summed E-state index contributed by atoms with van der Waals surface area (Å²) in [6.07, 6.45) is -1.19. The number of hydrogen-bond donors (Lipinski definition) is 1. The summed E-state index contributed by atoms with van der Waals surface area (Å²) < 4.78 is 39.3. The predicted octanol–water partition coefficient (Wildman–Crippen LogP) is 1.64. The van der Waals surface area contributed by atoms with E-state index in [2.05, 4.69) is 4.98 Å². The molecule has 1 aromatic carbocycles. The zero-order chi connectivity index (χ0) is 17.9. The van der Waals surface area contributed by atoms with Crippen LogP contribution >= 0.6 is 0 Å². The van der Waals surface area contributed by atoms with Crippen LogP contribution in [0.4, 0.5) is 13.2 Å². The zero-order valence-corrected chi connectivity index (χ0v) is 13.6. The fourth-order valence-electron chi connectivity index (χ4n) is 3.10. The summed E-state index contributed by atoms with van der Waals surface area (Å²) in [4.78, 5) is 19.1. The Morgan fingerprint density at radius 2 is 1.72 bits per heavy atom. The molecule has 7 heteroatoms. The number of amides is 1. The number of nitrogens with zero attached hydrogens (tertiary/aromatic N) is 2. The van der Waals surface area contributed by atoms with Gasteiger partial charge in [0.15, 0.2) is 0 Å². The van der Waals surface area contributed by atoms with E-state index in [1.807, 2.05) is 0 Å². The van der Waals surface area contributed by atoms with Crippen LogP contribution in [-0.4, -0.2) is 42.0 Å². The van der Waals surface area contributed by atoms with Gasteiger partial charge in [0, 0.05) is 23.5 Å². The first-order valence-corrected chi connectivity index (χ1v) is 8.13. The van der Waals surface area contributed by atoms with Crippen molar-refractivity contribution in [3.8, 4) is 0 Å². The molecule has 1 fully saturated rings. The monoisotopic (exact) mass is 350 g/mol. The van der Waals surface area contributed by atoms with Crippen molar-refractivity contribution in [3.63, 3.8) is 0 Å². The topological polar surface area (TPSA) is 37.6 Å². The third kappa shape index (κ3) is 4.17. The Morgan fingerprint density at radius 1 is 1.08 bits per heavy atom. The minimum Gasteiger partial charge on any atom is -0.328 e. The number of benzene rings is 1. The summed E-state index contributed by atoms with van der Waals surface area (Å²) in [5.41, 5.74) is 0.317. The number of carbonyl (C=O) groups is 1. The zero-order valence-electron chi connectivity index (χ0n) is 13.6. The van der Waals surface area contributed by atoms with Crippen LogP contribution in [0, 0.1) is 0 Å². The van der Waals surface area contributed by atoms with Crippen molar-refractivity contribution in [2.24, 2.45) is 0 Å². The van der Waals surface area contributed by atoms with Gasteiger partial charge in [-0.3, -0.25) is 9.78 Å². The molecule has 0 spiro atoms. The molecule has 0 radical (unpaired) electrons. The lowest BCUT2D eigenvalue weighted by Crippen LogP contribution is -3.13. The molecule has 1 aliphatic rings. The molecule has 3 rings (SSSR count). The molecule has 2 heterocycles. The molecule has 1 amide bonds. The third-order valence-electron chi connectivity index (χ3n) is 4.45. The molecule has 2 aromatic rings. The maximum Gasteiger partial charge on any atom is 0.416 e. The van der Waals surface area contributed by atoms with Crippen LogP contribution < -0.4 is 4.90 Å². The number of hydrogen-bond acceptors (Lipinski definition) is 2. The van der Waals surface area contributed by atoms with Gasteiger partial charge >= 0.3 is 6.18 Å². The number of nitrogens with one attached hydrogen (secondary N) is 1. The van der Waals surface area contributed by atoms with Gasteiger partial charge in [-0.25, -0.2) is 0 Å². The molecule has 1 saturated heterocycles. The molecule has 1 aliphatic heterocycles. The van der Waals surface area contributed by atoms with E-state index in [9.17, 15) is 18.0 Å². The second kappa shape index (κ2) is 7.23. The van der Waals surface area contributed by atoms with E-state index in [0.717, 1.165) is 11.0 Å². The molecule has 25 heavy (non-hydrogen) atoms. The molecular weight excluding hydrogens is 331 g/mol. The Hall–Kier alpha value is -2.41. The number of carbonyl (C=O) groups excluding carboxylic acids is 1. The molecule has 0 aliphatic carbocycles. The van der Waals surface area contributed by atoms with E-state index in [1.54, 1.807) is 35.5 Å². The summed E-state index contributed by atoms with van der Waals surface area (Å²) in [7, 11) is 0. The van der Waals surface area contributed by atoms with Gasteiger partial charge in [0.1, 0.15) is 6.54 Å². The fourth-order valence-corrected chi connectivity index (χ4v) is 3.10. The summed E-state index contributed by atoms with van der Waals surface area (Å²) in [6.45, 7) is 2.63. The van der Waals surface area contributed by atoms with Crippen LogP contribution in [0.1, 0.15) is 21.5 Å². The highest BCUT2D eigenvalue weighted by Gasteiger charge is 2.34. The van der Waals surface area contributed by atoms with Crippen LogP contribution in [0.25, 0.3) is 0 Å². The molecule has 132 valence electrons. The minimum absolute atomic E-state index is 0.0582. The maximum absolute atomic E-state index is 13.1. The van der Waals surface area contributed by atoms with E-state index in [-0.39, 0.29) is 5.91 Å². The van der Waals surface area contributed by atoms with Gasteiger partial charge in [-0.05, 0) is 18.2 Å². The summed E-state index contributed by atoms with van der Waals surface area (Å²) in [5.74, 6) is -0.0582. The van der Waals surface area contributed by atoms with Crippen molar-refractivity contribution in [2.45, 2.75) is 12.7 Å². The average Bonchev–Trinajstić information content (AvgIpc) is 2.62. The lowest BCUT2D eigenvalue weighted by molar-refractivity contribution is -0.917. The minimum atomic E-state index is -4.34. The first kappa shape index (κ1) is 17.4. The predicted molar refractivity (Wildman–Crippen MR) is 86.0 cm³/mol. The van der Waals surface area contributed by atoms with Gasteiger partial charge in [0.2, 0.25) is 0 Å². The summed E-state index contributed by atoms with van der Waals surface area (Å²) in [5, 5.41) is 0. The van der Waals surface area contributed by atoms with E-state index in [4.69, 9.17) is 0 Å². The van der Waals surface area contributed by atoms with Crippen molar-refractivity contribution in [1.29, 1.82) is 0 Å². The van der Waals surface area contributed by atoms with Crippen LogP contribution in [0.15, 0.2) is 48.8 Å². The van der Waals surface area contributed by atoms with Crippen molar-refractivity contribution in [3.05, 3.63) is 65.5 Å². The number of aromatic nitrogens is 1. The average molecular weight is 350 g/mol. The van der Waals surface area contributed by atoms with Crippen LogP contribution in [0.3, 0.4) is 0 Å². The van der Waals surface area contributed by atoms with Crippen molar-refractivity contribution in [1.82, 2.24) is 9.88 Å². The lowest BCUT2D eigenvalue weighted by atomic mass is 10.1. The highest BCUT2D eigenvalue weighted by atomic mass is 19.4. The van der Waals surface area contributed by atoms with E-state index in [1.165, 1.54) is 12.1 Å². The fraction of sp³-hybridized carbons (Fsp3) is 0.333. The Labute approximate surface area is 143 Å². The third-order valence-corrected chi connectivity index (χ3v) is 4.45. The number of halogens is 3. The first-order chi connectivity index (χ1) is 11.9. The second-order valence-corrected chi connectivity index (χ2v) is 6.11. The van der Waals surface area contributed by atoms with Crippen LogP contribution in [0.2, 0.25) is 0 Å². The van der Waals surface area contributed by atoms with Crippen molar-refractivity contribution >= 4 is 5.91 Å². The molecule has 4 nitrogen and oxygen atoms in total. The molecule has 0 unspecified atom stereocenters. The van der Waals surface area contributed by atoms with Crippen molar-refractivity contribution in [2.75, 3.05) is 26.2 Å². The normalized spacial score (nSPS) is 16.0. The number of rotatable bonds is 3. The highest BCUT2D eigenvalue weighted by molar-refractivity contribution is 5.94. The summed E-state index contributed by atoms with van der Waals surface area (Å²) in [6, 6.07) is 9.03. The van der Waals surface area contributed by atoms with Crippen LogP contribution in [-0.2, 0) is 12.7 Å². The second-order valence-electron chi connectivity index (χ2n) is 6.11. The number of alkyl halides is 3. The molecular formula is C18H19F3N3O+. The van der Waals surface area contributed by atoms with Gasteiger partial charge in [-0.1, -0.05) is 18.2 Å². The smallest absolute Gasteiger partial charge is 0.328 e. The Balaban J connectivity index is 1.61. The van der Waals surface area contributed by atoms with Crippen molar-refractivity contribution < 1.29 is 22.9 Å². The molecule has 0 atom stereocenters. The SMILES string of the molecule is O=C(c1ccncc1)N1CC[NH+](Cc2ccccc2C(F)(F)F)CC1. The van der Waals surface area contributed by atoms with Crippen LogP contribution in [0.5, 0.6) is 0 Å². The number of piperazine rings is 1. The van der Waals surface area contributed by atoms with Gasteiger partial charge in [-0.15, -0.1) is 0 Å². The molecule has 0 saturated carbocycles. The van der Waals surface area contributed by atoms with Gasteiger partial charge in [0.05, 0.1) is 31.7 Å². The van der Waals surface area contributed by atoms with E-state index >= 15 is 0 Å². The Bertz CT molecular complexity index is 726. The Kier molecular flexibility index (Phi) is 5.03. The van der Waals surface area contributed by atoms with Gasteiger partial charge in [-0.2, -0.15) is 13.2 Å². The molecule has 0 bridgehead atoms. The standard InChI is InChI=1S/C18H18F3N3O/c19-18(20,21)16-4-2-1-3-15(16)13-23-9-11-24(12-10-23)17(25)14-5-7-22-8-6-14/h1-8H,9-13H2/p+1. The van der Waals surface area contributed by atoms with E-state index in [0.29, 0.717) is 43.9 Å². The quantitative estimate of drug-likeness (QED) is 0.914. The molecule has 1 aromatic heterocycles. The number of pyridine rings is 1. The highest BCUT2D eigenvalue weighted by Crippen LogP contribution is 2.31. The first-order valence-electron chi connectivity index (χ1n) is 8.13. The summed E-state index contributed by atoms with van der Waals surface area (Å²) >= 11 is 0. The largest absolute Gasteiger partial charge is 0.416 e. The lowest BCUT2D eigenvalue weighted by Gasteiger charge is -2.32. The van der Waals surface area contributed by atoms with Gasteiger partial charge in [0.25, 0.3) is 5.91 Å². The number of quaternary nitrogens is 1. The molecule has 1 N–H and O–H groups in total.